The molecule has 1 aliphatic rings. The summed E-state index contributed by atoms with van der Waals surface area (Å²) in [6, 6.07) is 0. The van der Waals surface area contributed by atoms with Crippen molar-refractivity contribution < 1.29 is 19.1 Å². The number of hydrogen-bond donors (Lipinski definition) is 0. The summed E-state index contributed by atoms with van der Waals surface area (Å²) in [5.41, 5.74) is 0. The van der Waals surface area contributed by atoms with E-state index in [9.17, 15) is 9.59 Å². The van der Waals surface area contributed by atoms with E-state index < -0.39 is 0 Å². The summed E-state index contributed by atoms with van der Waals surface area (Å²) in [6.45, 7) is 8.78. The van der Waals surface area contributed by atoms with Crippen molar-refractivity contribution in [2.24, 2.45) is 17.8 Å². The number of ether oxygens (including phenoxy) is 2. The molecule has 0 saturated heterocycles. The van der Waals surface area contributed by atoms with Crippen LogP contribution >= 0.6 is 0 Å². The van der Waals surface area contributed by atoms with E-state index in [0.29, 0.717) is 13.0 Å². The summed E-state index contributed by atoms with van der Waals surface area (Å²) in [5.74, 6) is 0.249. The molecule has 0 aromatic heterocycles. The van der Waals surface area contributed by atoms with Crippen LogP contribution in [0.3, 0.4) is 0 Å². The van der Waals surface area contributed by atoms with Gasteiger partial charge in [0.25, 0.3) is 0 Å². The number of rotatable bonds is 12. The second kappa shape index (κ2) is 13.2. The van der Waals surface area contributed by atoms with Crippen LogP contribution in [0, 0.1) is 17.8 Å². The highest BCUT2D eigenvalue weighted by molar-refractivity contribution is 5.76. The molecular formula is C22H40O4. The summed E-state index contributed by atoms with van der Waals surface area (Å²) in [7, 11) is 0. The third kappa shape index (κ3) is 10.2. The number of hydrogen-bond acceptors (Lipinski definition) is 4. The zero-order valence-electron chi connectivity index (χ0n) is 17.4. The lowest BCUT2D eigenvalue weighted by Gasteiger charge is -2.27. The van der Waals surface area contributed by atoms with Crippen molar-refractivity contribution in [3.8, 4) is 0 Å². The van der Waals surface area contributed by atoms with Gasteiger partial charge in [-0.05, 0) is 45.4 Å². The molecule has 2 atom stereocenters. The molecular weight excluding hydrogens is 328 g/mol. The van der Waals surface area contributed by atoms with Gasteiger partial charge in [-0.2, -0.15) is 0 Å². The van der Waals surface area contributed by atoms with Gasteiger partial charge in [-0.15, -0.1) is 0 Å². The van der Waals surface area contributed by atoms with Crippen LogP contribution in [0.1, 0.15) is 98.3 Å². The fourth-order valence-electron chi connectivity index (χ4n) is 3.60. The van der Waals surface area contributed by atoms with Crippen molar-refractivity contribution >= 4 is 11.9 Å². The molecule has 0 aliphatic heterocycles. The zero-order valence-corrected chi connectivity index (χ0v) is 17.4. The van der Waals surface area contributed by atoms with Crippen LogP contribution in [-0.4, -0.2) is 24.6 Å². The van der Waals surface area contributed by atoms with E-state index in [1.807, 2.05) is 13.8 Å². The molecule has 0 radical (unpaired) electrons. The number of carbonyl (C=O) groups is 2. The van der Waals surface area contributed by atoms with Gasteiger partial charge in [0.1, 0.15) is 0 Å². The predicted molar refractivity (Wildman–Crippen MR) is 105 cm³/mol. The fraction of sp³-hybridized carbons (Fsp3) is 0.909. The Kier molecular flexibility index (Phi) is 11.6. The third-order valence-corrected chi connectivity index (χ3v) is 5.11. The lowest BCUT2D eigenvalue weighted by molar-refractivity contribution is -0.157. The first kappa shape index (κ1) is 23.0. The van der Waals surface area contributed by atoms with Gasteiger partial charge in [-0.3, -0.25) is 9.59 Å². The topological polar surface area (TPSA) is 52.6 Å². The smallest absolute Gasteiger partial charge is 0.309 e. The first-order valence-corrected chi connectivity index (χ1v) is 10.8. The minimum atomic E-state index is -0.157. The van der Waals surface area contributed by atoms with Gasteiger partial charge < -0.3 is 9.47 Å². The highest BCUT2D eigenvalue weighted by Gasteiger charge is 2.33. The molecule has 0 aromatic rings. The molecule has 4 nitrogen and oxygen atoms in total. The van der Waals surface area contributed by atoms with Gasteiger partial charge in [0.2, 0.25) is 0 Å². The molecule has 1 rings (SSSR count). The first-order chi connectivity index (χ1) is 12.4. The second-order valence-electron chi connectivity index (χ2n) is 8.52. The van der Waals surface area contributed by atoms with Gasteiger partial charge in [0, 0.05) is 0 Å². The highest BCUT2D eigenvalue weighted by atomic mass is 16.5. The Labute approximate surface area is 160 Å². The fourth-order valence-corrected chi connectivity index (χ4v) is 3.60. The van der Waals surface area contributed by atoms with E-state index in [1.54, 1.807) is 0 Å². The van der Waals surface area contributed by atoms with Crippen LogP contribution in [0.5, 0.6) is 0 Å². The van der Waals surface area contributed by atoms with Crippen molar-refractivity contribution in [3.63, 3.8) is 0 Å². The third-order valence-electron chi connectivity index (χ3n) is 5.11. The Morgan fingerprint density at radius 3 is 2.04 bits per heavy atom. The molecule has 0 amide bonds. The Bertz CT molecular complexity index is 403. The van der Waals surface area contributed by atoms with Crippen LogP contribution in [0.2, 0.25) is 0 Å². The average Bonchev–Trinajstić information content (AvgIpc) is 2.59. The van der Waals surface area contributed by atoms with Gasteiger partial charge in [-0.1, -0.05) is 58.8 Å². The van der Waals surface area contributed by atoms with Crippen LogP contribution < -0.4 is 0 Å². The Morgan fingerprint density at radius 1 is 0.846 bits per heavy atom. The quantitative estimate of drug-likeness (QED) is 0.329. The summed E-state index contributed by atoms with van der Waals surface area (Å²) in [5, 5.41) is 0. The van der Waals surface area contributed by atoms with Crippen LogP contribution in [-0.2, 0) is 19.1 Å². The van der Waals surface area contributed by atoms with Crippen molar-refractivity contribution in [1.29, 1.82) is 0 Å². The molecule has 0 spiro atoms. The number of unbranched alkanes of at least 4 members (excludes halogenated alkanes) is 5. The van der Waals surface area contributed by atoms with Gasteiger partial charge in [0.05, 0.1) is 24.5 Å². The number of esters is 2. The normalized spacial score (nSPS) is 20.4. The summed E-state index contributed by atoms with van der Waals surface area (Å²) in [6.07, 6.45) is 11.6. The average molecular weight is 369 g/mol. The molecule has 2 unspecified atom stereocenters. The maximum atomic E-state index is 12.3. The molecule has 1 aliphatic carbocycles. The van der Waals surface area contributed by atoms with Crippen molar-refractivity contribution in [3.05, 3.63) is 0 Å². The molecule has 4 heteroatoms. The van der Waals surface area contributed by atoms with E-state index in [-0.39, 0.29) is 29.9 Å². The maximum Gasteiger partial charge on any atom is 0.309 e. The van der Waals surface area contributed by atoms with E-state index in [4.69, 9.17) is 9.47 Å². The molecule has 1 saturated carbocycles. The second-order valence-corrected chi connectivity index (χ2v) is 8.52. The van der Waals surface area contributed by atoms with Crippen LogP contribution in [0.25, 0.3) is 0 Å². The van der Waals surface area contributed by atoms with Crippen LogP contribution in [0.4, 0.5) is 0 Å². The molecule has 0 aromatic carbocycles. The Morgan fingerprint density at radius 2 is 1.42 bits per heavy atom. The van der Waals surface area contributed by atoms with E-state index in [2.05, 4.69) is 13.8 Å². The SMILES string of the molecule is CC(C)CCCCCCCCOC(=O)C1CCCC(C(=O)OC(C)C)C1. The van der Waals surface area contributed by atoms with Crippen molar-refractivity contribution in [2.75, 3.05) is 6.61 Å². The Hall–Kier alpha value is -1.06. The summed E-state index contributed by atoms with van der Waals surface area (Å²) in [4.78, 5) is 24.3. The molecule has 0 heterocycles. The Balaban J connectivity index is 2.10. The molecule has 152 valence electrons. The molecule has 0 bridgehead atoms. The summed E-state index contributed by atoms with van der Waals surface area (Å²) < 4.78 is 10.8. The van der Waals surface area contributed by atoms with Gasteiger partial charge in [-0.25, -0.2) is 0 Å². The largest absolute Gasteiger partial charge is 0.465 e. The highest BCUT2D eigenvalue weighted by Crippen LogP contribution is 2.31. The van der Waals surface area contributed by atoms with Gasteiger partial charge >= 0.3 is 11.9 Å². The lowest BCUT2D eigenvalue weighted by Crippen LogP contribution is -2.30. The monoisotopic (exact) mass is 368 g/mol. The summed E-state index contributed by atoms with van der Waals surface area (Å²) >= 11 is 0. The van der Waals surface area contributed by atoms with E-state index >= 15 is 0 Å². The molecule has 0 N–H and O–H groups in total. The predicted octanol–water partition coefficient (Wildman–Crippen LogP) is 5.67. The van der Waals surface area contributed by atoms with Crippen molar-refractivity contribution in [2.45, 2.75) is 104 Å². The number of carbonyl (C=O) groups excluding carboxylic acids is 2. The standard InChI is InChI=1S/C22H40O4/c1-17(2)12-9-7-5-6-8-10-15-25-21(23)19-13-11-14-20(16-19)22(24)26-18(3)4/h17-20H,5-16H2,1-4H3. The first-order valence-electron chi connectivity index (χ1n) is 10.8. The maximum absolute atomic E-state index is 12.3. The minimum absolute atomic E-state index is 0.0970. The molecule has 26 heavy (non-hydrogen) atoms. The lowest BCUT2D eigenvalue weighted by atomic mass is 9.81. The van der Waals surface area contributed by atoms with E-state index in [0.717, 1.165) is 38.0 Å². The minimum Gasteiger partial charge on any atom is -0.465 e. The molecule has 1 fully saturated rings. The van der Waals surface area contributed by atoms with Crippen molar-refractivity contribution in [1.82, 2.24) is 0 Å². The van der Waals surface area contributed by atoms with Crippen LogP contribution in [0.15, 0.2) is 0 Å². The van der Waals surface area contributed by atoms with E-state index in [1.165, 1.54) is 32.1 Å². The zero-order chi connectivity index (χ0) is 19.4. The van der Waals surface area contributed by atoms with Gasteiger partial charge in [0.15, 0.2) is 0 Å².